The third-order valence-corrected chi connectivity index (χ3v) is 4.50. The lowest BCUT2D eigenvalue weighted by Gasteiger charge is -2.42. The summed E-state index contributed by atoms with van der Waals surface area (Å²) in [5.41, 5.74) is 1.37. The van der Waals surface area contributed by atoms with Crippen LogP contribution in [0.4, 0.5) is 0 Å². The zero-order chi connectivity index (χ0) is 13.2. The Kier molecular flexibility index (Phi) is 3.59. The van der Waals surface area contributed by atoms with Gasteiger partial charge in [0.15, 0.2) is 0 Å². The topological polar surface area (TPSA) is 15.3 Å². The Morgan fingerprint density at radius 3 is 2.68 bits per heavy atom. The molecule has 1 heterocycles. The summed E-state index contributed by atoms with van der Waals surface area (Å²) in [4.78, 5) is 2.49. The summed E-state index contributed by atoms with van der Waals surface area (Å²) in [6.45, 7) is 4.23. The van der Waals surface area contributed by atoms with Crippen LogP contribution >= 0.6 is 0 Å². The van der Waals surface area contributed by atoms with E-state index in [2.05, 4.69) is 53.4 Å². The average molecular weight is 254 g/mol. The minimum absolute atomic E-state index is 0.202. The van der Waals surface area contributed by atoms with Gasteiger partial charge in [0.05, 0.1) is 6.04 Å². The molecule has 1 N–H and O–H groups in total. The summed E-state index contributed by atoms with van der Waals surface area (Å²) < 4.78 is 0. The lowest BCUT2D eigenvalue weighted by molar-refractivity contribution is 0.105. The van der Waals surface area contributed by atoms with Crippen LogP contribution in [0.3, 0.4) is 0 Å². The van der Waals surface area contributed by atoms with Crippen molar-refractivity contribution in [2.24, 2.45) is 5.92 Å². The van der Waals surface area contributed by atoms with Gasteiger partial charge < -0.3 is 5.32 Å². The number of hydrogen-bond donors (Lipinski definition) is 1. The van der Waals surface area contributed by atoms with Crippen molar-refractivity contribution in [2.45, 2.75) is 37.9 Å². The molecule has 1 aliphatic heterocycles. The molecule has 1 aromatic rings. The Hall–Kier alpha value is -1.30. The summed E-state index contributed by atoms with van der Waals surface area (Å²) in [7, 11) is 0. The van der Waals surface area contributed by atoms with Gasteiger partial charge in [0.2, 0.25) is 0 Å². The molecule has 2 fully saturated rings. The van der Waals surface area contributed by atoms with E-state index < -0.39 is 0 Å². The molecule has 0 spiro atoms. The van der Waals surface area contributed by atoms with Gasteiger partial charge in [-0.25, -0.2) is 0 Å². The largest absolute Gasteiger partial charge is 0.311 e. The quantitative estimate of drug-likeness (QED) is 0.834. The summed E-state index contributed by atoms with van der Waals surface area (Å²) >= 11 is 0. The van der Waals surface area contributed by atoms with Crippen molar-refractivity contribution < 1.29 is 0 Å². The van der Waals surface area contributed by atoms with E-state index in [0.29, 0.717) is 12.1 Å². The van der Waals surface area contributed by atoms with Crippen LogP contribution in [0.15, 0.2) is 30.3 Å². The number of hydrogen-bond acceptors (Lipinski definition) is 2. The van der Waals surface area contributed by atoms with Crippen molar-refractivity contribution in [1.29, 1.82) is 0 Å². The fourth-order valence-electron chi connectivity index (χ4n) is 3.12. The predicted octanol–water partition coefficient (Wildman–Crippen LogP) is 2.43. The lowest BCUT2D eigenvalue weighted by Crippen LogP contribution is -2.55. The molecule has 1 aliphatic carbocycles. The number of terminal acetylenes is 1. The Morgan fingerprint density at radius 2 is 2.05 bits per heavy atom. The maximum atomic E-state index is 5.67. The number of rotatable bonds is 3. The first-order chi connectivity index (χ1) is 9.29. The number of nitrogens with one attached hydrogen (secondary N) is 1. The van der Waals surface area contributed by atoms with Gasteiger partial charge in [0.25, 0.3) is 0 Å². The zero-order valence-corrected chi connectivity index (χ0v) is 11.5. The molecule has 3 unspecified atom stereocenters. The van der Waals surface area contributed by atoms with Crippen LogP contribution in [0.5, 0.6) is 0 Å². The van der Waals surface area contributed by atoms with Crippen molar-refractivity contribution >= 4 is 0 Å². The molecule has 0 bridgehead atoms. The van der Waals surface area contributed by atoms with Crippen molar-refractivity contribution in [3.63, 3.8) is 0 Å². The smallest absolute Gasteiger partial charge is 0.0689 e. The van der Waals surface area contributed by atoms with Gasteiger partial charge in [-0.2, -0.15) is 0 Å². The standard InChI is InChI=1S/C17H22N2/c1-3-13(2)19-12-16(14-9-10-14)18-11-17(19)15-7-5-4-6-8-15/h1,4-8,13-14,16-18H,9-12H2,2H3. The van der Waals surface area contributed by atoms with Crippen LogP contribution in [0.2, 0.25) is 0 Å². The maximum Gasteiger partial charge on any atom is 0.0689 e. The molecular formula is C17H22N2. The Labute approximate surface area is 116 Å². The van der Waals surface area contributed by atoms with Gasteiger partial charge >= 0.3 is 0 Å². The van der Waals surface area contributed by atoms with Crippen molar-refractivity contribution in [3.8, 4) is 12.3 Å². The van der Waals surface area contributed by atoms with Crippen LogP contribution in [0.1, 0.15) is 31.4 Å². The minimum Gasteiger partial charge on any atom is -0.311 e. The summed E-state index contributed by atoms with van der Waals surface area (Å²) in [5.74, 6) is 3.79. The van der Waals surface area contributed by atoms with E-state index in [1.165, 1.54) is 18.4 Å². The SMILES string of the molecule is C#CC(C)N1CC(C2CC2)NCC1c1ccccc1. The fourth-order valence-corrected chi connectivity index (χ4v) is 3.12. The van der Waals surface area contributed by atoms with E-state index in [-0.39, 0.29) is 6.04 Å². The molecule has 3 rings (SSSR count). The molecule has 2 aliphatic rings. The van der Waals surface area contributed by atoms with Gasteiger partial charge in [0.1, 0.15) is 0 Å². The van der Waals surface area contributed by atoms with Crippen molar-refractivity contribution in [2.75, 3.05) is 13.1 Å². The number of piperazine rings is 1. The van der Waals surface area contributed by atoms with E-state index in [0.717, 1.165) is 19.0 Å². The third kappa shape index (κ3) is 2.68. The maximum absolute atomic E-state index is 5.67. The summed E-state index contributed by atoms with van der Waals surface area (Å²) in [5, 5.41) is 3.73. The van der Waals surface area contributed by atoms with E-state index in [4.69, 9.17) is 6.42 Å². The average Bonchev–Trinajstić information content (AvgIpc) is 3.31. The number of nitrogens with zero attached hydrogens (tertiary/aromatic N) is 1. The molecule has 3 atom stereocenters. The molecular weight excluding hydrogens is 232 g/mol. The van der Waals surface area contributed by atoms with Crippen molar-refractivity contribution in [1.82, 2.24) is 10.2 Å². The summed E-state index contributed by atoms with van der Waals surface area (Å²) in [6.07, 6.45) is 8.43. The first-order valence-corrected chi connectivity index (χ1v) is 7.30. The van der Waals surface area contributed by atoms with Gasteiger partial charge in [0, 0.05) is 25.2 Å². The second-order valence-corrected chi connectivity index (χ2v) is 5.82. The van der Waals surface area contributed by atoms with E-state index in [9.17, 15) is 0 Å². The Balaban J connectivity index is 1.80. The van der Waals surface area contributed by atoms with Crippen molar-refractivity contribution in [3.05, 3.63) is 35.9 Å². The van der Waals surface area contributed by atoms with E-state index in [1.807, 2.05) is 0 Å². The van der Waals surface area contributed by atoms with Gasteiger partial charge in [-0.05, 0) is 31.2 Å². The molecule has 1 saturated carbocycles. The first kappa shape index (κ1) is 12.7. The Bertz CT molecular complexity index is 458. The van der Waals surface area contributed by atoms with Crippen LogP contribution in [0, 0.1) is 18.3 Å². The molecule has 1 saturated heterocycles. The molecule has 0 aromatic heterocycles. The van der Waals surface area contributed by atoms with Gasteiger partial charge in [-0.3, -0.25) is 4.90 Å². The molecule has 19 heavy (non-hydrogen) atoms. The Morgan fingerprint density at radius 1 is 1.32 bits per heavy atom. The first-order valence-electron chi connectivity index (χ1n) is 7.30. The summed E-state index contributed by atoms with van der Waals surface area (Å²) in [6, 6.07) is 12.0. The number of benzene rings is 1. The van der Waals surface area contributed by atoms with Gasteiger partial charge in [-0.15, -0.1) is 6.42 Å². The molecule has 1 aromatic carbocycles. The highest BCUT2D eigenvalue weighted by Gasteiger charge is 2.38. The zero-order valence-electron chi connectivity index (χ0n) is 11.5. The molecule has 0 amide bonds. The van der Waals surface area contributed by atoms with Crippen LogP contribution in [-0.2, 0) is 0 Å². The van der Waals surface area contributed by atoms with Crippen LogP contribution in [0.25, 0.3) is 0 Å². The molecule has 100 valence electrons. The highest BCUT2D eigenvalue weighted by Crippen LogP contribution is 2.36. The molecule has 0 radical (unpaired) electrons. The van der Waals surface area contributed by atoms with Gasteiger partial charge in [-0.1, -0.05) is 36.3 Å². The normalized spacial score (nSPS) is 29.7. The minimum atomic E-state index is 0.202. The van der Waals surface area contributed by atoms with Crippen LogP contribution in [-0.4, -0.2) is 30.1 Å². The molecule has 2 nitrogen and oxygen atoms in total. The fraction of sp³-hybridized carbons (Fsp3) is 0.529. The highest BCUT2D eigenvalue weighted by atomic mass is 15.3. The van der Waals surface area contributed by atoms with E-state index >= 15 is 0 Å². The van der Waals surface area contributed by atoms with E-state index in [1.54, 1.807) is 0 Å². The predicted molar refractivity (Wildman–Crippen MR) is 78.7 cm³/mol. The second-order valence-electron chi connectivity index (χ2n) is 5.82. The molecule has 2 heteroatoms. The monoisotopic (exact) mass is 254 g/mol. The highest BCUT2D eigenvalue weighted by molar-refractivity contribution is 5.22. The lowest BCUT2D eigenvalue weighted by atomic mass is 9.97. The third-order valence-electron chi connectivity index (χ3n) is 4.50. The second kappa shape index (κ2) is 5.36. The van der Waals surface area contributed by atoms with Crippen LogP contribution < -0.4 is 5.32 Å².